The fourth-order valence-corrected chi connectivity index (χ4v) is 4.61. The van der Waals surface area contributed by atoms with Gasteiger partial charge in [0.25, 0.3) is 0 Å². The van der Waals surface area contributed by atoms with Crippen LogP contribution in [0.15, 0.2) is 91.5 Å². The van der Waals surface area contributed by atoms with E-state index < -0.39 is 0 Å². The van der Waals surface area contributed by atoms with Gasteiger partial charge in [-0.05, 0) is 48.5 Å². The zero-order chi connectivity index (χ0) is 27.3. The largest absolute Gasteiger partial charge is 0.378 e. The number of benzene rings is 3. The van der Waals surface area contributed by atoms with Crippen molar-refractivity contribution in [2.45, 2.75) is 0 Å². The van der Waals surface area contributed by atoms with Crippen LogP contribution in [0.25, 0.3) is 22.3 Å². The number of rotatable bonds is 8. The van der Waals surface area contributed by atoms with Crippen LogP contribution >= 0.6 is 0 Å². The summed E-state index contributed by atoms with van der Waals surface area (Å²) in [7, 11) is 0. The highest BCUT2D eigenvalue weighted by Gasteiger charge is 2.18. The molecule has 0 saturated carbocycles. The number of hydrogen-bond acceptors (Lipinski definition) is 8. The number of H-pyrrole nitrogens is 1. The molecule has 10 heteroatoms. The van der Waals surface area contributed by atoms with Gasteiger partial charge in [0.2, 0.25) is 11.9 Å². The summed E-state index contributed by atoms with van der Waals surface area (Å²) in [5.74, 6) is 0.719. The molecule has 1 amide bonds. The Balaban J connectivity index is 1.40. The molecule has 1 saturated heterocycles. The molecular weight excluding hydrogens is 504 g/mol. The Morgan fingerprint density at radius 2 is 1.68 bits per heavy atom. The highest BCUT2D eigenvalue weighted by molar-refractivity contribution is 6.02. The van der Waals surface area contributed by atoms with E-state index in [-0.39, 0.29) is 5.91 Å². The van der Waals surface area contributed by atoms with Crippen molar-refractivity contribution in [1.29, 1.82) is 0 Å². The van der Waals surface area contributed by atoms with E-state index in [1.165, 1.54) is 6.08 Å². The van der Waals surface area contributed by atoms with E-state index in [9.17, 15) is 4.79 Å². The molecule has 0 radical (unpaired) electrons. The number of carbonyl (C=O) groups is 1. The van der Waals surface area contributed by atoms with Crippen LogP contribution < -0.4 is 20.9 Å². The van der Waals surface area contributed by atoms with Crippen LogP contribution in [0.4, 0.5) is 34.5 Å². The molecule has 200 valence electrons. The molecule has 2 aromatic heterocycles. The van der Waals surface area contributed by atoms with Crippen molar-refractivity contribution >= 4 is 51.5 Å². The van der Waals surface area contributed by atoms with Crippen LogP contribution in [-0.2, 0) is 9.53 Å². The maximum atomic E-state index is 12.0. The average molecular weight is 533 g/mol. The number of para-hydroxylation sites is 1. The Labute approximate surface area is 231 Å². The maximum Gasteiger partial charge on any atom is 0.247 e. The number of nitrogens with one attached hydrogen (secondary N) is 4. The molecule has 0 bridgehead atoms. The lowest BCUT2D eigenvalue weighted by atomic mass is 10.1. The first kappa shape index (κ1) is 25.1. The lowest BCUT2D eigenvalue weighted by Crippen LogP contribution is -2.36. The predicted molar refractivity (Wildman–Crippen MR) is 158 cm³/mol. The van der Waals surface area contributed by atoms with Crippen molar-refractivity contribution in [3.05, 3.63) is 91.5 Å². The Bertz CT molecular complexity index is 1660. The van der Waals surface area contributed by atoms with Gasteiger partial charge in [-0.15, -0.1) is 0 Å². The average Bonchev–Trinajstić information content (AvgIpc) is 3.40. The van der Waals surface area contributed by atoms with Crippen LogP contribution in [0.2, 0.25) is 0 Å². The van der Waals surface area contributed by atoms with Crippen LogP contribution in [0.1, 0.15) is 0 Å². The summed E-state index contributed by atoms with van der Waals surface area (Å²) in [6.45, 7) is 6.66. The molecular formula is C30H28N8O2. The molecule has 1 fully saturated rings. The Hall–Kier alpha value is -5.22. The van der Waals surface area contributed by atoms with Crippen molar-refractivity contribution in [2.75, 3.05) is 47.2 Å². The first-order chi connectivity index (χ1) is 19.7. The Kier molecular flexibility index (Phi) is 7.06. The van der Waals surface area contributed by atoms with E-state index in [1.807, 2.05) is 66.7 Å². The summed E-state index contributed by atoms with van der Waals surface area (Å²) in [4.78, 5) is 23.9. The quantitative estimate of drug-likeness (QED) is 0.194. The lowest BCUT2D eigenvalue weighted by molar-refractivity contribution is -0.111. The van der Waals surface area contributed by atoms with Gasteiger partial charge in [0.05, 0.1) is 24.3 Å². The summed E-state index contributed by atoms with van der Waals surface area (Å²) in [6.07, 6.45) is 1.24. The fraction of sp³-hybridized carbons (Fsp3) is 0.133. The van der Waals surface area contributed by atoms with E-state index in [0.29, 0.717) is 42.0 Å². The normalized spacial score (nSPS) is 13.2. The van der Waals surface area contributed by atoms with Crippen molar-refractivity contribution in [1.82, 2.24) is 20.2 Å². The molecule has 3 heterocycles. The van der Waals surface area contributed by atoms with Gasteiger partial charge in [0.15, 0.2) is 11.5 Å². The number of fused-ring (bicyclic) bond motifs is 1. The molecule has 5 aromatic rings. The molecule has 1 aliphatic heterocycles. The molecule has 0 unspecified atom stereocenters. The summed E-state index contributed by atoms with van der Waals surface area (Å²) < 4.78 is 5.50. The highest BCUT2D eigenvalue weighted by Crippen LogP contribution is 2.34. The number of aromatic amines is 1. The molecule has 1 aliphatic rings. The van der Waals surface area contributed by atoms with Crippen LogP contribution in [-0.4, -0.2) is 52.4 Å². The first-order valence-corrected chi connectivity index (χ1v) is 13.0. The lowest BCUT2D eigenvalue weighted by Gasteiger charge is -2.29. The minimum Gasteiger partial charge on any atom is -0.378 e. The number of anilines is 6. The molecule has 0 spiro atoms. The minimum absolute atomic E-state index is 0.290. The van der Waals surface area contributed by atoms with Gasteiger partial charge in [-0.1, -0.05) is 43.0 Å². The smallest absolute Gasteiger partial charge is 0.247 e. The van der Waals surface area contributed by atoms with E-state index in [2.05, 4.69) is 49.8 Å². The number of morpholine rings is 1. The summed E-state index contributed by atoms with van der Waals surface area (Å²) in [5.41, 5.74) is 5.49. The predicted octanol–water partition coefficient (Wildman–Crippen LogP) is 5.47. The number of amides is 1. The number of ether oxygens (including phenoxy) is 1. The summed E-state index contributed by atoms with van der Waals surface area (Å²) >= 11 is 0. The van der Waals surface area contributed by atoms with Crippen LogP contribution in [0, 0.1) is 0 Å². The third kappa shape index (κ3) is 5.47. The molecule has 3 aromatic carbocycles. The topological polar surface area (TPSA) is 120 Å². The van der Waals surface area contributed by atoms with E-state index in [1.54, 1.807) is 0 Å². The minimum atomic E-state index is -0.290. The van der Waals surface area contributed by atoms with Gasteiger partial charge < -0.3 is 25.6 Å². The molecule has 6 rings (SSSR count). The molecule has 10 nitrogen and oxygen atoms in total. The van der Waals surface area contributed by atoms with Crippen molar-refractivity contribution in [2.24, 2.45) is 0 Å². The monoisotopic (exact) mass is 532 g/mol. The number of nitrogens with zero attached hydrogens (tertiary/aromatic N) is 4. The number of aromatic nitrogens is 4. The number of carbonyl (C=O) groups excluding carboxylic acids is 1. The third-order valence-corrected chi connectivity index (χ3v) is 6.52. The standard InChI is InChI=1S/C30H28N8O2/c1-2-25(39)31-22-11-6-8-20(18-22)27-26-28(32-21-9-4-3-5-10-21)36-37-29(26)35-30(34-27)33-23-12-7-13-24(19-23)38-14-16-40-17-15-38/h2-13,18-19H,1,14-17H2,(H,31,39)(H3,32,33,34,35,36,37). The second-order valence-electron chi connectivity index (χ2n) is 9.23. The third-order valence-electron chi connectivity index (χ3n) is 6.52. The summed E-state index contributed by atoms with van der Waals surface area (Å²) in [5, 5.41) is 17.9. The van der Waals surface area contributed by atoms with Crippen molar-refractivity contribution in [3.63, 3.8) is 0 Å². The van der Waals surface area contributed by atoms with E-state index >= 15 is 0 Å². The van der Waals surface area contributed by atoms with Gasteiger partial charge in [-0.2, -0.15) is 10.1 Å². The number of hydrogen-bond donors (Lipinski definition) is 4. The maximum absolute atomic E-state index is 12.0. The van der Waals surface area contributed by atoms with Gasteiger partial charge in [-0.3, -0.25) is 9.89 Å². The summed E-state index contributed by atoms with van der Waals surface area (Å²) in [6, 6.07) is 25.4. The second-order valence-corrected chi connectivity index (χ2v) is 9.23. The van der Waals surface area contributed by atoms with Gasteiger partial charge in [0, 0.05) is 41.4 Å². The Morgan fingerprint density at radius 1 is 0.900 bits per heavy atom. The SMILES string of the molecule is C=CC(=O)Nc1cccc(-c2nc(Nc3cccc(N4CCOCC4)c3)nc3[nH]nc(Nc4ccccc4)c23)c1. The van der Waals surface area contributed by atoms with Gasteiger partial charge in [-0.25, -0.2) is 4.98 Å². The molecule has 0 atom stereocenters. The van der Waals surface area contributed by atoms with Crippen LogP contribution in [0.5, 0.6) is 0 Å². The van der Waals surface area contributed by atoms with Gasteiger partial charge >= 0.3 is 0 Å². The Morgan fingerprint density at radius 3 is 2.50 bits per heavy atom. The van der Waals surface area contributed by atoms with Gasteiger partial charge in [0.1, 0.15) is 0 Å². The van der Waals surface area contributed by atoms with E-state index in [0.717, 1.165) is 41.1 Å². The fourth-order valence-electron chi connectivity index (χ4n) is 4.61. The molecule has 40 heavy (non-hydrogen) atoms. The second kappa shape index (κ2) is 11.3. The zero-order valence-corrected chi connectivity index (χ0v) is 21.7. The zero-order valence-electron chi connectivity index (χ0n) is 21.7. The highest BCUT2D eigenvalue weighted by atomic mass is 16.5. The van der Waals surface area contributed by atoms with E-state index in [4.69, 9.17) is 14.7 Å². The molecule has 4 N–H and O–H groups in total. The van der Waals surface area contributed by atoms with Crippen molar-refractivity contribution in [3.8, 4) is 11.3 Å². The first-order valence-electron chi connectivity index (χ1n) is 13.0. The van der Waals surface area contributed by atoms with Crippen molar-refractivity contribution < 1.29 is 9.53 Å². The molecule has 0 aliphatic carbocycles. The van der Waals surface area contributed by atoms with Crippen LogP contribution in [0.3, 0.4) is 0 Å².